The number of ether oxygens (including phenoxy) is 2. The number of rotatable bonds is 6. The molecular weight excluding hydrogens is 204 g/mol. The van der Waals surface area contributed by atoms with Gasteiger partial charge >= 0.3 is 11.9 Å². The van der Waals surface area contributed by atoms with Gasteiger partial charge in [-0.15, -0.1) is 0 Å². The van der Waals surface area contributed by atoms with E-state index in [-0.39, 0.29) is 13.0 Å². The average Bonchev–Trinajstić information content (AvgIpc) is 2.15. The van der Waals surface area contributed by atoms with Crippen LogP contribution in [0.1, 0.15) is 20.3 Å². The smallest absolute Gasteiger partial charge is 0.345 e. The normalized spacial score (nSPS) is 15.5. The molecule has 0 aliphatic rings. The highest BCUT2D eigenvalue weighted by molar-refractivity contribution is 5.81. The van der Waals surface area contributed by atoms with E-state index in [1.165, 1.54) is 6.92 Å². The van der Waals surface area contributed by atoms with Crippen LogP contribution in [0.3, 0.4) is 0 Å². The molecule has 3 N–H and O–H groups in total. The van der Waals surface area contributed by atoms with E-state index in [0.717, 1.165) is 6.08 Å². The maximum Gasteiger partial charge on any atom is 0.345 e. The third kappa shape index (κ3) is 3.28. The van der Waals surface area contributed by atoms with Gasteiger partial charge in [-0.1, -0.05) is 13.5 Å². The highest BCUT2D eigenvalue weighted by Crippen LogP contribution is 2.28. The van der Waals surface area contributed by atoms with Gasteiger partial charge in [0.2, 0.25) is 0 Å². The Kier molecular flexibility index (Phi) is 4.89. The van der Waals surface area contributed by atoms with E-state index in [1.807, 2.05) is 0 Å². The van der Waals surface area contributed by atoms with Crippen LogP contribution in [-0.4, -0.2) is 39.7 Å². The fourth-order valence-corrected chi connectivity index (χ4v) is 1.04. The number of esters is 1. The highest BCUT2D eigenvalue weighted by atomic mass is 16.8. The molecule has 0 aliphatic carbocycles. The van der Waals surface area contributed by atoms with Gasteiger partial charge in [-0.05, 0) is 6.92 Å². The quantitative estimate of drug-likeness (QED) is 0.317. The van der Waals surface area contributed by atoms with Crippen molar-refractivity contribution >= 4 is 5.97 Å². The number of hydrogen-bond acceptors (Lipinski definition) is 6. The molecule has 1 unspecified atom stereocenters. The molecule has 0 rings (SSSR count). The molecule has 6 nitrogen and oxygen atoms in total. The molecule has 0 fully saturated rings. The maximum absolute atomic E-state index is 11.0. The fourth-order valence-electron chi connectivity index (χ4n) is 1.04. The van der Waals surface area contributed by atoms with Gasteiger partial charge in [-0.3, -0.25) is 0 Å². The van der Waals surface area contributed by atoms with E-state index in [4.69, 9.17) is 20.1 Å². The Morgan fingerprint density at radius 1 is 1.40 bits per heavy atom. The summed E-state index contributed by atoms with van der Waals surface area (Å²) in [6, 6.07) is 0. The second-order valence-electron chi connectivity index (χ2n) is 2.80. The Balaban J connectivity index is 4.97. The second kappa shape index (κ2) is 5.22. The van der Waals surface area contributed by atoms with Crippen LogP contribution < -0.4 is 0 Å². The summed E-state index contributed by atoms with van der Waals surface area (Å²) >= 11 is 0. The highest BCUT2D eigenvalue weighted by Gasteiger charge is 2.52. The third-order valence-electron chi connectivity index (χ3n) is 1.79. The van der Waals surface area contributed by atoms with E-state index >= 15 is 0 Å². The minimum Gasteiger partial charge on any atom is -0.421 e. The third-order valence-corrected chi connectivity index (χ3v) is 1.79. The Labute approximate surface area is 87.7 Å². The van der Waals surface area contributed by atoms with Crippen molar-refractivity contribution in [2.45, 2.75) is 32.0 Å². The predicted octanol–water partition coefficient (Wildman–Crippen LogP) is -0.511. The Hall–Kier alpha value is -0.950. The number of aliphatic hydroxyl groups is 3. The number of carbonyl (C=O) groups is 1. The van der Waals surface area contributed by atoms with Crippen LogP contribution in [0.15, 0.2) is 12.7 Å². The molecule has 0 aliphatic heterocycles. The Bertz CT molecular complexity index is 231. The lowest BCUT2D eigenvalue weighted by Gasteiger charge is -2.37. The first-order valence-corrected chi connectivity index (χ1v) is 4.49. The second-order valence-corrected chi connectivity index (χ2v) is 2.80. The van der Waals surface area contributed by atoms with E-state index in [0.29, 0.717) is 0 Å². The summed E-state index contributed by atoms with van der Waals surface area (Å²) in [5.41, 5.74) is 0. The van der Waals surface area contributed by atoms with Crippen molar-refractivity contribution in [3.8, 4) is 0 Å². The van der Waals surface area contributed by atoms with Gasteiger partial charge < -0.3 is 24.8 Å². The number of carbonyl (C=O) groups excluding carboxylic acids is 1. The first kappa shape index (κ1) is 14.1. The molecule has 1 atom stereocenters. The monoisotopic (exact) mass is 220 g/mol. The van der Waals surface area contributed by atoms with E-state index in [2.05, 4.69) is 11.3 Å². The molecule has 0 aromatic carbocycles. The van der Waals surface area contributed by atoms with Crippen molar-refractivity contribution in [1.82, 2.24) is 0 Å². The maximum atomic E-state index is 11.0. The van der Waals surface area contributed by atoms with Crippen LogP contribution in [0, 0.1) is 0 Å². The topological polar surface area (TPSA) is 96.2 Å². The summed E-state index contributed by atoms with van der Waals surface area (Å²) in [4.78, 5) is 11.0. The molecule has 0 heterocycles. The zero-order chi connectivity index (χ0) is 12.1. The van der Waals surface area contributed by atoms with Crippen LogP contribution in [0.2, 0.25) is 0 Å². The zero-order valence-corrected chi connectivity index (χ0v) is 8.77. The first-order chi connectivity index (χ1) is 6.83. The van der Waals surface area contributed by atoms with Crippen LogP contribution >= 0.6 is 0 Å². The molecular formula is C9H16O6. The molecule has 0 spiro atoms. The van der Waals surface area contributed by atoms with Gasteiger partial charge in [0.1, 0.15) is 0 Å². The zero-order valence-electron chi connectivity index (χ0n) is 8.77. The van der Waals surface area contributed by atoms with Crippen molar-refractivity contribution in [3.63, 3.8) is 0 Å². The summed E-state index contributed by atoms with van der Waals surface area (Å²) in [5, 5.41) is 27.2. The SMILES string of the molecule is C=CC(=O)OC(CC)(OCC)C(O)(O)O. The fraction of sp³-hybridized carbons (Fsp3) is 0.667. The van der Waals surface area contributed by atoms with Crippen LogP contribution in [0.25, 0.3) is 0 Å². The van der Waals surface area contributed by atoms with Gasteiger partial charge in [0.15, 0.2) is 0 Å². The Morgan fingerprint density at radius 2 is 1.93 bits per heavy atom. The summed E-state index contributed by atoms with van der Waals surface area (Å²) in [7, 11) is 0. The van der Waals surface area contributed by atoms with E-state index in [1.54, 1.807) is 6.92 Å². The molecule has 88 valence electrons. The lowest BCUT2D eigenvalue weighted by molar-refractivity contribution is -0.453. The molecule has 0 aromatic rings. The average molecular weight is 220 g/mol. The molecule has 0 saturated heterocycles. The van der Waals surface area contributed by atoms with Gasteiger partial charge in [-0.25, -0.2) is 4.79 Å². The largest absolute Gasteiger partial charge is 0.421 e. The minimum atomic E-state index is -3.27. The van der Waals surface area contributed by atoms with Gasteiger partial charge in [0.05, 0.1) is 0 Å². The summed E-state index contributed by atoms with van der Waals surface area (Å²) < 4.78 is 9.49. The van der Waals surface area contributed by atoms with Crippen molar-refractivity contribution in [2.24, 2.45) is 0 Å². The van der Waals surface area contributed by atoms with Crippen molar-refractivity contribution < 1.29 is 29.6 Å². The summed E-state index contributed by atoms with van der Waals surface area (Å²) in [6.07, 6.45) is 0.694. The van der Waals surface area contributed by atoms with Gasteiger partial charge in [-0.2, -0.15) is 0 Å². The minimum absolute atomic E-state index is 0.0295. The van der Waals surface area contributed by atoms with E-state index in [9.17, 15) is 4.79 Å². The molecule has 15 heavy (non-hydrogen) atoms. The lowest BCUT2D eigenvalue weighted by atomic mass is 10.1. The summed E-state index contributed by atoms with van der Waals surface area (Å²) in [5.74, 6) is -6.39. The van der Waals surface area contributed by atoms with Crippen LogP contribution in [0.5, 0.6) is 0 Å². The molecule has 6 heteroatoms. The molecule has 0 bridgehead atoms. The lowest BCUT2D eigenvalue weighted by Crippen LogP contribution is -2.58. The standard InChI is InChI=1S/C9H16O6/c1-4-7(10)15-8(5-2,14-6-3)9(11,12)13/h4,11-13H,1,5-6H2,2-3H3. The molecule has 0 saturated carbocycles. The first-order valence-electron chi connectivity index (χ1n) is 4.49. The molecule has 0 radical (unpaired) electrons. The van der Waals surface area contributed by atoms with Crippen LogP contribution in [0.4, 0.5) is 0 Å². The van der Waals surface area contributed by atoms with Crippen molar-refractivity contribution in [2.75, 3.05) is 6.61 Å². The summed E-state index contributed by atoms with van der Waals surface area (Å²) in [6.45, 7) is 6.19. The molecule has 0 amide bonds. The molecule has 0 aromatic heterocycles. The van der Waals surface area contributed by atoms with Gasteiger partial charge in [0.25, 0.3) is 5.79 Å². The van der Waals surface area contributed by atoms with E-state index < -0.39 is 17.7 Å². The Morgan fingerprint density at radius 3 is 2.20 bits per heavy atom. The van der Waals surface area contributed by atoms with Gasteiger partial charge in [0, 0.05) is 19.1 Å². The van der Waals surface area contributed by atoms with Crippen molar-refractivity contribution in [3.05, 3.63) is 12.7 Å². The van der Waals surface area contributed by atoms with Crippen LogP contribution in [-0.2, 0) is 14.3 Å². The van der Waals surface area contributed by atoms with Crippen molar-refractivity contribution in [1.29, 1.82) is 0 Å². The number of hydrogen-bond donors (Lipinski definition) is 3. The predicted molar refractivity (Wildman–Crippen MR) is 50.3 cm³/mol.